The standard InChI is InChI=1S/C9H7BrF2N2/c1-14-8-5(3-2-4-6(8)10)7(13-14)9(11)12/h2-4,9H,1H3. The van der Waals surface area contributed by atoms with Gasteiger partial charge in [0.25, 0.3) is 6.43 Å². The summed E-state index contributed by atoms with van der Waals surface area (Å²) in [5, 5.41) is 4.28. The van der Waals surface area contributed by atoms with Gasteiger partial charge in [0.1, 0.15) is 5.69 Å². The van der Waals surface area contributed by atoms with E-state index in [9.17, 15) is 8.78 Å². The summed E-state index contributed by atoms with van der Waals surface area (Å²) in [6.45, 7) is 0. The van der Waals surface area contributed by atoms with Crippen LogP contribution in [-0.2, 0) is 7.05 Å². The largest absolute Gasteiger partial charge is 0.282 e. The van der Waals surface area contributed by atoms with Gasteiger partial charge < -0.3 is 0 Å². The van der Waals surface area contributed by atoms with Crippen molar-refractivity contribution >= 4 is 26.8 Å². The highest BCUT2D eigenvalue weighted by Gasteiger charge is 2.17. The molecular formula is C9H7BrF2N2. The average Bonchev–Trinajstić information content (AvgIpc) is 2.45. The van der Waals surface area contributed by atoms with Gasteiger partial charge >= 0.3 is 0 Å². The second kappa shape index (κ2) is 3.31. The highest BCUT2D eigenvalue weighted by atomic mass is 79.9. The SMILES string of the molecule is Cn1nc(C(F)F)c2cccc(Br)c21. The van der Waals surface area contributed by atoms with Gasteiger partial charge in [-0.25, -0.2) is 8.78 Å². The summed E-state index contributed by atoms with van der Waals surface area (Å²) in [4.78, 5) is 0. The molecule has 0 unspecified atom stereocenters. The van der Waals surface area contributed by atoms with Crippen molar-refractivity contribution < 1.29 is 8.78 Å². The van der Waals surface area contributed by atoms with Crippen LogP contribution in [0.1, 0.15) is 12.1 Å². The van der Waals surface area contributed by atoms with E-state index in [0.717, 1.165) is 4.47 Å². The van der Waals surface area contributed by atoms with E-state index in [1.165, 1.54) is 4.68 Å². The van der Waals surface area contributed by atoms with Crippen molar-refractivity contribution in [3.8, 4) is 0 Å². The molecule has 0 atom stereocenters. The van der Waals surface area contributed by atoms with Gasteiger partial charge in [0, 0.05) is 16.9 Å². The maximum absolute atomic E-state index is 12.6. The Balaban J connectivity index is 2.84. The lowest BCUT2D eigenvalue weighted by molar-refractivity contribution is 0.147. The van der Waals surface area contributed by atoms with E-state index >= 15 is 0 Å². The van der Waals surface area contributed by atoms with Crippen molar-refractivity contribution in [2.75, 3.05) is 0 Å². The minimum absolute atomic E-state index is 0.163. The summed E-state index contributed by atoms with van der Waals surface area (Å²) in [7, 11) is 1.65. The van der Waals surface area contributed by atoms with Crippen LogP contribution in [0.3, 0.4) is 0 Å². The van der Waals surface area contributed by atoms with Gasteiger partial charge in [0.05, 0.1) is 5.52 Å². The third-order valence-corrected chi connectivity index (χ3v) is 2.69. The number of para-hydroxylation sites is 1. The fourth-order valence-corrected chi connectivity index (χ4v) is 2.10. The van der Waals surface area contributed by atoms with Crippen LogP contribution >= 0.6 is 15.9 Å². The van der Waals surface area contributed by atoms with Crippen LogP contribution in [0.15, 0.2) is 22.7 Å². The molecule has 0 N–H and O–H groups in total. The minimum atomic E-state index is -2.53. The number of nitrogens with zero attached hydrogens (tertiary/aromatic N) is 2. The van der Waals surface area contributed by atoms with Crippen LogP contribution in [0.5, 0.6) is 0 Å². The van der Waals surface area contributed by atoms with Gasteiger partial charge in [-0.05, 0) is 22.0 Å². The molecule has 0 aliphatic rings. The van der Waals surface area contributed by atoms with Crippen LogP contribution in [0, 0.1) is 0 Å². The lowest BCUT2D eigenvalue weighted by Crippen LogP contribution is -1.92. The first-order valence-corrected chi connectivity index (χ1v) is 4.80. The Labute approximate surface area is 87.6 Å². The van der Waals surface area contributed by atoms with Crippen molar-refractivity contribution in [1.29, 1.82) is 0 Å². The number of aromatic nitrogens is 2. The number of fused-ring (bicyclic) bond motifs is 1. The predicted molar refractivity (Wildman–Crippen MR) is 53.4 cm³/mol. The maximum atomic E-state index is 12.6. The van der Waals surface area contributed by atoms with Crippen molar-refractivity contribution in [2.45, 2.75) is 6.43 Å². The zero-order chi connectivity index (χ0) is 10.3. The van der Waals surface area contributed by atoms with E-state index in [4.69, 9.17) is 0 Å². The Bertz CT molecular complexity index is 479. The number of rotatable bonds is 1. The first-order chi connectivity index (χ1) is 6.61. The van der Waals surface area contributed by atoms with E-state index in [-0.39, 0.29) is 5.69 Å². The molecule has 0 radical (unpaired) electrons. The average molecular weight is 261 g/mol. The smallest absolute Gasteiger partial charge is 0.266 e. The van der Waals surface area contributed by atoms with Gasteiger partial charge in [-0.2, -0.15) is 5.10 Å². The molecule has 2 nitrogen and oxygen atoms in total. The Morgan fingerprint density at radius 1 is 1.43 bits per heavy atom. The second-order valence-corrected chi connectivity index (χ2v) is 3.80. The molecule has 0 aliphatic carbocycles. The summed E-state index contributed by atoms with van der Waals surface area (Å²) >= 11 is 3.30. The first-order valence-electron chi connectivity index (χ1n) is 4.00. The first kappa shape index (κ1) is 9.58. The Hall–Kier alpha value is -0.970. The highest BCUT2D eigenvalue weighted by molar-refractivity contribution is 9.10. The van der Waals surface area contributed by atoms with Crippen molar-refractivity contribution in [3.63, 3.8) is 0 Å². The Morgan fingerprint density at radius 3 is 2.79 bits per heavy atom. The summed E-state index contributed by atoms with van der Waals surface area (Å²) < 4.78 is 27.3. The predicted octanol–water partition coefficient (Wildman–Crippen LogP) is 3.27. The van der Waals surface area contributed by atoms with Gasteiger partial charge in [-0.3, -0.25) is 4.68 Å². The normalized spacial score (nSPS) is 11.5. The number of hydrogen-bond donors (Lipinski definition) is 0. The van der Waals surface area contributed by atoms with E-state index in [1.54, 1.807) is 25.2 Å². The Kier molecular flexibility index (Phi) is 2.26. The molecule has 0 spiro atoms. The van der Waals surface area contributed by atoms with E-state index < -0.39 is 6.43 Å². The third kappa shape index (κ3) is 1.32. The molecule has 1 aromatic heterocycles. The molecule has 0 saturated heterocycles. The maximum Gasteiger partial charge on any atom is 0.282 e. The molecule has 2 rings (SSSR count). The number of aryl methyl sites for hydroxylation is 1. The molecule has 0 fully saturated rings. The molecule has 5 heteroatoms. The number of hydrogen-bond acceptors (Lipinski definition) is 1. The van der Waals surface area contributed by atoms with Crippen LogP contribution in [0.25, 0.3) is 10.9 Å². The van der Waals surface area contributed by atoms with Crippen molar-refractivity contribution in [1.82, 2.24) is 9.78 Å². The van der Waals surface area contributed by atoms with E-state index in [0.29, 0.717) is 10.9 Å². The fraction of sp³-hybridized carbons (Fsp3) is 0.222. The molecule has 74 valence electrons. The quantitative estimate of drug-likeness (QED) is 0.770. The second-order valence-electron chi connectivity index (χ2n) is 2.95. The molecule has 0 aliphatic heterocycles. The molecule has 1 aromatic carbocycles. The number of halogens is 3. The molecule has 0 bridgehead atoms. The fourth-order valence-electron chi connectivity index (χ4n) is 1.48. The van der Waals surface area contributed by atoms with Gasteiger partial charge in [0.2, 0.25) is 0 Å². The van der Waals surface area contributed by atoms with E-state index in [2.05, 4.69) is 21.0 Å². The summed E-state index contributed by atoms with van der Waals surface area (Å²) in [6, 6.07) is 5.17. The monoisotopic (exact) mass is 260 g/mol. The van der Waals surface area contributed by atoms with Crippen LogP contribution < -0.4 is 0 Å². The summed E-state index contributed by atoms with van der Waals surface area (Å²) in [5.74, 6) is 0. The molecule has 0 amide bonds. The number of alkyl halides is 2. The minimum Gasteiger partial charge on any atom is -0.266 e. The molecule has 14 heavy (non-hydrogen) atoms. The lowest BCUT2D eigenvalue weighted by Gasteiger charge is -1.96. The lowest BCUT2D eigenvalue weighted by atomic mass is 10.2. The third-order valence-electron chi connectivity index (χ3n) is 2.05. The van der Waals surface area contributed by atoms with Crippen LogP contribution in [-0.4, -0.2) is 9.78 Å². The zero-order valence-corrected chi connectivity index (χ0v) is 8.92. The van der Waals surface area contributed by atoms with Gasteiger partial charge in [-0.1, -0.05) is 12.1 Å². The Morgan fingerprint density at radius 2 is 2.14 bits per heavy atom. The molecule has 0 saturated carbocycles. The van der Waals surface area contributed by atoms with Crippen molar-refractivity contribution in [2.24, 2.45) is 7.05 Å². The summed E-state index contributed by atoms with van der Waals surface area (Å²) in [6.07, 6.45) is -2.53. The zero-order valence-electron chi connectivity index (χ0n) is 7.34. The van der Waals surface area contributed by atoms with Crippen molar-refractivity contribution in [3.05, 3.63) is 28.4 Å². The highest BCUT2D eigenvalue weighted by Crippen LogP contribution is 2.30. The number of benzene rings is 1. The molecule has 1 heterocycles. The molecular weight excluding hydrogens is 254 g/mol. The van der Waals surface area contributed by atoms with Crippen LogP contribution in [0.2, 0.25) is 0 Å². The van der Waals surface area contributed by atoms with Gasteiger partial charge in [-0.15, -0.1) is 0 Å². The van der Waals surface area contributed by atoms with E-state index in [1.807, 2.05) is 0 Å². The topological polar surface area (TPSA) is 17.8 Å². The molecule has 2 aromatic rings. The van der Waals surface area contributed by atoms with Crippen LogP contribution in [0.4, 0.5) is 8.78 Å². The van der Waals surface area contributed by atoms with Gasteiger partial charge in [0.15, 0.2) is 0 Å². The summed E-state index contributed by atoms with van der Waals surface area (Å²) in [5.41, 5.74) is 0.534.